The number of hydrogen-bond donors (Lipinski definition) is 0. The van der Waals surface area contributed by atoms with E-state index in [0.29, 0.717) is 12.1 Å². The number of nitrogens with zero attached hydrogens (tertiary/aromatic N) is 1. The second-order valence-electron chi connectivity index (χ2n) is 5.48. The number of hydrogen-bond acceptors (Lipinski definition) is 2. The first kappa shape index (κ1) is 11.7. The first-order valence-electron chi connectivity index (χ1n) is 6.08. The van der Waals surface area contributed by atoms with Crippen LogP contribution in [0.25, 0.3) is 0 Å². The van der Waals surface area contributed by atoms with Crippen molar-refractivity contribution in [1.82, 2.24) is 4.90 Å². The minimum atomic E-state index is 0.0981. The average molecular weight is 232 g/mol. The van der Waals surface area contributed by atoms with Crippen LogP contribution >= 0.6 is 11.6 Å². The monoisotopic (exact) mass is 231 g/mol. The van der Waals surface area contributed by atoms with Gasteiger partial charge < -0.3 is 4.74 Å². The largest absolute Gasteiger partial charge is 0.371 e. The fraction of sp³-hybridized carbons (Fsp3) is 1.00. The van der Waals surface area contributed by atoms with Crippen molar-refractivity contribution < 1.29 is 4.74 Å². The lowest BCUT2D eigenvalue weighted by Crippen LogP contribution is -2.37. The number of rotatable bonds is 3. The highest BCUT2D eigenvalue weighted by Gasteiger charge is 2.34. The molecule has 0 amide bonds. The number of alkyl halides is 1. The molecule has 3 heteroatoms. The highest BCUT2D eigenvalue weighted by molar-refractivity contribution is 6.18. The third-order valence-electron chi connectivity index (χ3n) is 3.67. The van der Waals surface area contributed by atoms with Crippen LogP contribution in [-0.2, 0) is 4.74 Å². The van der Waals surface area contributed by atoms with E-state index in [-0.39, 0.29) is 5.60 Å². The van der Waals surface area contributed by atoms with Crippen molar-refractivity contribution >= 4 is 11.6 Å². The molecule has 2 nitrogen and oxygen atoms in total. The van der Waals surface area contributed by atoms with Gasteiger partial charge in [0.15, 0.2) is 0 Å². The van der Waals surface area contributed by atoms with E-state index in [9.17, 15) is 0 Å². The summed E-state index contributed by atoms with van der Waals surface area (Å²) in [6, 6.07) is 0.596. The number of likely N-dealkylation sites (tertiary alicyclic amines) is 1. The molecule has 15 heavy (non-hydrogen) atoms. The van der Waals surface area contributed by atoms with Gasteiger partial charge in [0, 0.05) is 18.5 Å². The van der Waals surface area contributed by atoms with E-state index in [1.165, 1.54) is 32.2 Å². The zero-order valence-corrected chi connectivity index (χ0v) is 10.6. The van der Waals surface area contributed by atoms with E-state index in [2.05, 4.69) is 18.7 Å². The molecule has 0 saturated carbocycles. The van der Waals surface area contributed by atoms with Crippen LogP contribution in [-0.4, -0.2) is 41.6 Å². The molecule has 2 unspecified atom stereocenters. The van der Waals surface area contributed by atoms with Gasteiger partial charge >= 0.3 is 0 Å². The molecule has 0 aromatic rings. The van der Waals surface area contributed by atoms with Crippen molar-refractivity contribution in [2.45, 2.75) is 57.3 Å². The van der Waals surface area contributed by atoms with Crippen LogP contribution in [0.15, 0.2) is 0 Å². The first-order valence-corrected chi connectivity index (χ1v) is 6.62. The molecule has 0 bridgehead atoms. The summed E-state index contributed by atoms with van der Waals surface area (Å²) in [7, 11) is 0. The summed E-state index contributed by atoms with van der Waals surface area (Å²) in [5, 5.41) is 0. The molecule has 2 aliphatic heterocycles. The van der Waals surface area contributed by atoms with Gasteiger partial charge in [0.1, 0.15) is 0 Å². The molecular formula is C12H22ClNO. The van der Waals surface area contributed by atoms with Crippen LogP contribution in [0.5, 0.6) is 0 Å². The fourth-order valence-corrected chi connectivity index (χ4v) is 3.13. The predicted octanol–water partition coefficient (Wildman–Crippen LogP) is 2.65. The lowest BCUT2D eigenvalue weighted by molar-refractivity contribution is -0.0292. The van der Waals surface area contributed by atoms with E-state index in [4.69, 9.17) is 16.3 Å². The van der Waals surface area contributed by atoms with E-state index in [1.54, 1.807) is 0 Å². The van der Waals surface area contributed by atoms with Crippen LogP contribution in [0.3, 0.4) is 0 Å². The summed E-state index contributed by atoms with van der Waals surface area (Å²) in [4.78, 5) is 2.51. The molecule has 2 aliphatic rings. The zero-order valence-electron chi connectivity index (χ0n) is 9.84. The van der Waals surface area contributed by atoms with Crippen LogP contribution in [0.4, 0.5) is 0 Å². The van der Waals surface area contributed by atoms with Gasteiger partial charge in [0.25, 0.3) is 0 Å². The van der Waals surface area contributed by atoms with Crippen LogP contribution < -0.4 is 0 Å². The Kier molecular flexibility index (Phi) is 3.59. The van der Waals surface area contributed by atoms with E-state index >= 15 is 0 Å². The Labute approximate surface area is 97.9 Å². The Morgan fingerprint density at radius 3 is 2.80 bits per heavy atom. The maximum absolute atomic E-state index is 6.02. The Morgan fingerprint density at radius 1 is 1.40 bits per heavy atom. The highest BCUT2D eigenvalue weighted by atomic mass is 35.5. The van der Waals surface area contributed by atoms with Crippen LogP contribution in [0, 0.1) is 0 Å². The topological polar surface area (TPSA) is 12.5 Å². The summed E-state index contributed by atoms with van der Waals surface area (Å²) < 4.78 is 6.02. The lowest BCUT2D eigenvalue weighted by atomic mass is 10.1. The van der Waals surface area contributed by atoms with Gasteiger partial charge in [0.2, 0.25) is 0 Å². The molecule has 0 aromatic heterocycles. The van der Waals surface area contributed by atoms with E-state index in [0.717, 1.165) is 12.4 Å². The highest BCUT2D eigenvalue weighted by Crippen LogP contribution is 2.31. The minimum absolute atomic E-state index is 0.0981. The lowest BCUT2D eigenvalue weighted by Gasteiger charge is -2.27. The summed E-state index contributed by atoms with van der Waals surface area (Å²) in [6.07, 6.45) is 5.40. The summed E-state index contributed by atoms with van der Waals surface area (Å²) in [6.45, 7) is 6.67. The summed E-state index contributed by atoms with van der Waals surface area (Å²) in [5.41, 5.74) is 0.0981. The third-order valence-corrected chi connectivity index (χ3v) is 4.03. The second-order valence-corrected chi connectivity index (χ2v) is 5.79. The average Bonchev–Trinajstić information content (AvgIpc) is 2.73. The van der Waals surface area contributed by atoms with Gasteiger partial charge in [-0.05, 0) is 46.1 Å². The van der Waals surface area contributed by atoms with Gasteiger partial charge in [-0.15, -0.1) is 11.6 Å². The first-order chi connectivity index (χ1) is 7.11. The Morgan fingerprint density at radius 2 is 2.20 bits per heavy atom. The molecule has 0 N–H and O–H groups in total. The SMILES string of the molecule is CC1(C)CCC(CN2CCCC2CCl)O1. The standard InChI is InChI=1S/C12H22ClNO/c1-12(2)6-5-11(15-12)9-14-7-3-4-10(14)8-13/h10-11H,3-9H2,1-2H3. The normalized spacial score (nSPS) is 36.2. The molecule has 0 spiro atoms. The van der Waals surface area contributed by atoms with Crippen molar-refractivity contribution in [2.75, 3.05) is 19.0 Å². The molecule has 88 valence electrons. The van der Waals surface area contributed by atoms with Crippen LogP contribution in [0.1, 0.15) is 39.5 Å². The minimum Gasteiger partial charge on any atom is -0.371 e. The molecule has 2 saturated heterocycles. The van der Waals surface area contributed by atoms with E-state index in [1.807, 2.05) is 0 Å². The predicted molar refractivity (Wildman–Crippen MR) is 63.5 cm³/mol. The quantitative estimate of drug-likeness (QED) is 0.693. The Bertz CT molecular complexity index is 220. The summed E-state index contributed by atoms with van der Waals surface area (Å²) in [5.74, 6) is 0.774. The number of ether oxygens (including phenoxy) is 1. The van der Waals surface area contributed by atoms with Crippen LogP contribution in [0.2, 0.25) is 0 Å². The van der Waals surface area contributed by atoms with Gasteiger partial charge in [-0.3, -0.25) is 4.90 Å². The molecule has 0 aromatic carbocycles. The molecule has 2 fully saturated rings. The maximum Gasteiger partial charge on any atom is 0.0710 e. The van der Waals surface area contributed by atoms with Gasteiger partial charge in [-0.1, -0.05) is 0 Å². The molecular weight excluding hydrogens is 210 g/mol. The fourth-order valence-electron chi connectivity index (χ4n) is 2.78. The molecule has 2 heterocycles. The van der Waals surface area contributed by atoms with Crippen molar-refractivity contribution in [3.63, 3.8) is 0 Å². The molecule has 2 atom stereocenters. The molecule has 2 rings (SSSR count). The molecule has 0 radical (unpaired) electrons. The van der Waals surface area contributed by atoms with Gasteiger partial charge in [-0.2, -0.15) is 0 Å². The number of halogens is 1. The van der Waals surface area contributed by atoms with E-state index < -0.39 is 0 Å². The Balaban J connectivity index is 1.82. The van der Waals surface area contributed by atoms with Crippen molar-refractivity contribution in [3.8, 4) is 0 Å². The van der Waals surface area contributed by atoms with Crippen molar-refractivity contribution in [3.05, 3.63) is 0 Å². The second kappa shape index (κ2) is 4.60. The molecule has 0 aliphatic carbocycles. The van der Waals surface area contributed by atoms with Crippen molar-refractivity contribution in [1.29, 1.82) is 0 Å². The van der Waals surface area contributed by atoms with Gasteiger partial charge in [-0.25, -0.2) is 0 Å². The van der Waals surface area contributed by atoms with Crippen molar-refractivity contribution in [2.24, 2.45) is 0 Å². The maximum atomic E-state index is 6.02. The van der Waals surface area contributed by atoms with Gasteiger partial charge in [0.05, 0.1) is 11.7 Å². The third kappa shape index (κ3) is 2.86. The zero-order chi connectivity index (χ0) is 10.9. The Hall–Kier alpha value is 0.210. The summed E-state index contributed by atoms with van der Waals surface area (Å²) >= 11 is 5.96. The smallest absolute Gasteiger partial charge is 0.0710 e.